The minimum atomic E-state index is -4.57. The maximum Gasteiger partial charge on any atom is 0.416 e. The number of carbonyl (C=O) groups excluding carboxylic acids is 2. The fraction of sp³-hybridized carbons (Fsp3) is 0.222. The Labute approximate surface area is 150 Å². The first-order valence-electron chi connectivity index (χ1n) is 7.89. The second kappa shape index (κ2) is 6.98. The van der Waals surface area contributed by atoms with E-state index in [1.165, 1.54) is 6.07 Å². The Balaban J connectivity index is 1.75. The smallest absolute Gasteiger partial charge is 0.326 e. The van der Waals surface area contributed by atoms with E-state index in [4.69, 9.17) is 0 Å². The van der Waals surface area contributed by atoms with Crippen molar-refractivity contribution in [3.05, 3.63) is 59.7 Å². The van der Waals surface area contributed by atoms with E-state index in [2.05, 4.69) is 5.32 Å². The monoisotopic (exact) mass is 384 g/mol. The highest BCUT2D eigenvalue weighted by molar-refractivity contribution is 6.03. The van der Waals surface area contributed by atoms with Gasteiger partial charge in [0.1, 0.15) is 17.3 Å². The third-order valence-electron chi connectivity index (χ3n) is 4.16. The number of nitrogens with zero attached hydrogens (tertiary/aromatic N) is 1. The van der Waals surface area contributed by atoms with E-state index < -0.39 is 46.8 Å². The molecule has 1 saturated heterocycles. The molecule has 2 amide bonds. The van der Waals surface area contributed by atoms with E-state index in [0.29, 0.717) is 0 Å². The number of carbonyl (C=O) groups is 2. The average molecular weight is 384 g/mol. The Kier molecular flexibility index (Phi) is 4.86. The molecule has 0 radical (unpaired) electrons. The molecule has 27 heavy (non-hydrogen) atoms. The van der Waals surface area contributed by atoms with Gasteiger partial charge in [-0.15, -0.1) is 0 Å². The zero-order valence-electron chi connectivity index (χ0n) is 13.7. The maximum absolute atomic E-state index is 13.9. The van der Waals surface area contributed by atoms with Crippen LogP contribution in [0.4, 0.5) is 33.3 Å². The fourth-order valence-corrected chi connectivity index (χ4v) is 2.86. The van der Waals surface area contributed by atoms with E-state index in [-0.39, 0.29) is 18.7 Å². The van der Waals surface area contributed by atoms with Gasteiger partial charge in [0.05, 0.1) is 11.5 Å². The predicted molar refractivity (Wildman–Crippen MR) is 86.9 cm³/mol. The van der Waals surface area contributed by atoms with Crippen molar-refractivity contribution in [1.29, 1.82) is 0 Å². The summed E-state index contributed by atoms with van der Waals surface area (Å²) < 4.78 is 65.9. The Bertz CT molecular complexity index is 877. The summed E-state index contributed by atoms with van der Waals surface area (Å²) in [4.78, 5) is 25.2. The summed E-state index contributed by atoms with van der Waals surface area (Å²) in [6.45, 7) is -0.276. The lowest BCUT2D eigenvalue weighted by atomic mass is 10.1. The minimum absolute atomic E-state index is 0.0854. The zero-order valence-corrected chi connectivity index (χ0v) is 13.7. The summed E-state index contributed by atoms with van der Waals surface area (Å²) in [5.41, 5.74) is -1.56. The molecule has 1 unspecified atom stereocenters. The van der Waals surface area contributed by atoms with E-state index in [1.54, 1.807) is 0 Å². The quantitative estimate of drug-likeness (QED) is 0.814. The molecule has 1 heterocycles. The second-order valence-corrected chi connectivity index (χ2v) is 6.04. The van der Waals surface area contributed by atoms with Crippen LogP contribution in [0.1, 0.15) is 12.0 Å². The summed E-state index contributed by atoms with van der Waals surface area (Å²) in [6, 6.07) is 7.16. The molecule has 2 aromatic rings. The molecule has 1 atom stereocenters. The number of halogens is 5. The molecule has 0 saturated carbocycles. The van der Waals surface area contributed by atoms with Crippen LogP contribution in [0, 0.1) is 17.6 Å². The summed E-state index contributed by atoms with van der Waals surface area (Å²) in [5.74, 6) is -4.19. The Morgan fingerprint density at radius 1 is 1.07 bits per heavy atom. The second-order valence-electron chi connectivity index (χ2n) is 6.04. The fourth-order valence-electron chi connectivity index (χ4n) is 2.86. The molecule has 1 N–H and O–H groups in total. The van der Waals surface area contributed by atoms with Crippen LogP contribution in [0.3, 0.4) is 0 Å². The molecule has 9 heteroatoms. The molecular weight excluding hydrogens is 371 g/mol. The van der Waals surface area contributed by atoms with Crippen LogP contribution in [0.15, 0.2) is 42.5 Å². The molecule has 3 rings (SSSR count). The van der Waals surface area contributed by atoms with E-state index in [0.717, 1.165) is 41.3 Å². The van der Waals surface area contributed by atoms with Crippen molar-refractivity contribution in [3.63, 3.8) is 0 Å². The first-order valence-corrected chi connectivity index (χ1v) is 7.89. The molecule has 0 bridgehead atoms. The number of amides is 2. The number of hydrogen-bond acceptors (Lipinski definition) is 2. The molecule has 0 aromatic heterocycles. The van der Waals surface area contributed by atoms with Crippen LogP contribution in [0.25, 0.3) is 0 Å². The van der Waals surface area contributed by atoms with Gasteiger partial charge in [0.25, 0.3) is 0 Å². The van der Waals surface area contributed by atoms with Crippen molar-refractivity contribution in [3.8, 4) is 0 Å². The number of anilines is 2. The number of rotatable bonds is 3. The van der Waals surface area contributed by atoms with Gasteiger partial charge in [-0.25, -0.2) is 8.78 Å². The Hall–Kier alpha value is -2.97. The van der Waals surface area contributed by atoms with E-state index in [9.17, 15) is 31.5 Å². The largest absolute Gasteiger partial charge is 0.416 e. The summed E-state index contributed by atoms with van der Waals surface area (Å²) >= 11 is 0. The number of benzene rings is 2. The van der Waals surface area contributed by atoms with Crippen LogP contribution in [-0.4, -0.2) is 18.4 Å². The highest BCUT2D eigenvalue weighted by Crippen LogP contribution is 2.32. The van der Waals surface area contributed by atoms with E-state index >= 15 is 0 Å². The third-order valence-corrected chi connectivity index (χ3v) is 4.16. The lowest BCUT2D eigenvalue weighted by molar-refractivity contribution is -0.137. The molecule has 142 valence electrons. The molecule has 0 spiro atoms. The lowest BCUT2D eigenvalue weighted by Gasteiger charge is -2.18. The van der Waals surface area contributed by atoms with Crippen molar-refractivity contribution >= 4 is 23.2 Å². The summed E-state index contributed by atoms with van der Waals surface area (Å²) in [7, 11) is 0. The van der Waals surface area contributed by atoms with Gasteiger partial charge in [0.2, 0.25) is 11.8 Å². The van der Waals surface area contributed by atoms with Gasteiger partial charge in [-0.2, -0.15) is 13.2 Å². The van der Waals surface area contributed by atoms with Crippen LogP contribution in [0.5, 0.6) is 0 Å². The van der Waals surface area contributed by atoms with Crippen LogP contribution < -0.4 is 10.2 Å². The van der Waals surface area contributed by atoms with Crippen LogP contribution in [0.2, 0.25) is 0 Å². The van der Waals surface area contributed by atoms with Crippen LogP contribution >= 0.6 is 0 Å². The molecule has 4 nitrogen and oxygen atoms in total. The lowest BCUT2D eigenvalue weighted by Crippen LogP contribution is -2.29. The molecule has 1 aliphatic rings. The number of para-hydroxylation sites is 1. The average Bonchev–Trinajstić information content (AvgIpc) is 2.96. The highest BCUT2D eigenvalue weighted by Gasteiger charge is 2.37. The number of nitrogens with one attached hydrogen (secondary N) is 1. The van der Waals surface area contributed by atoms with E-state index in [1.807, 2.05) is 0 Å². The van der Waals surface area contributed by atoms with Gasteiger partial charge in [0, 0.05) is 18.7 Å². The molecule has 1 fully saturated rings. The number of hydrogen-bond donors (Lipinski definition) is 1. The Morgan fingerprint density at radius 2 is 1.70 bits per heavy atom. The van der Waals surface area contributed by atoms with Crippen LogP contribution in [-0.2, 0) is 15.8 Å². The van der Waals surface area contributed by atoms with Crippen molar-refractivity contribution in [1.82, 2.24) is 0 Å². The van der Waals surface area contributed by atoms with Gasteiger partial charge >= 0.3 is 6.18 Å². The van der Waals surface area contributed by atoms with Crippen molar-refractivity contribution < 1.29 is 31.5 Å². The highest BCUT2D eigenvalue weighted by atomic mass is 19.4. The maximum atomic E-state index is 13.9. The first-order chi connectivity index (χ1) is 12.7. The zero-order chi connectivity index (χ0) is 19.8. The summed E-state index contributed by atoms with van der Waals surface area (Å²) in [5, 5.41) is 2.31. The predicted octanol–water partition coefficient (Wildman–Crippen LogP) is 3.98. The number of alkyl halides is 3. The topological polar surface area (TPSA) is 49.4 Å². The van der Waals surface area contributed by atoms with Gasteiger partial charge in [-0.3, -0.25) is 9.59 Å². The molecular formula is C18H13F5N2O2. The van der Waals surface area contributed by atoms with Crippen molar-refractivity contribution in [2.24, 2.45) is 5.92 Å². The van der Waals surface area contributed by atoms with Gasteiger partial charge in [0.15, 0.2) is 0 Å². The first kappa shape index (κ1) is 18.8. The minimum Gasteiger partial charge on any atom is -0.326 e. The standard InChI is InChI=1S/C18H13F5N2O2/c19-13-5-2-6-14(20)16(13)25-9-10(7-15(25)26)17(27)24-12-4-1-3-11(8-12)18(21,22)23/h1-6,8,10H,7,9H2,(H,24,27). The van der Waals surface area contributed by atoms with Gasteiger partial charge < -0.3 is 10.2 Å². The van der Waals surface area contributed by atoms with Gasteiger partial charge in [-0.05, 0) is 30.3 Å². The SMILES string of the molecule is O=C(Nc1cccc(C(F)(F)F)c1)C1CC(=O)N(c2c(F)cccc2F)C1. The van der Waals surface area contributed by atoms with Crippen molar-refractivity contribution in [2.45, 2.75) is 12.6 Å². The molecule has 0 aliphatic carbocycles. The summed E-state index contributed by atoms with van der Waals surface area (Å²) in [6.07, 6.45) is -4.87. The van der Waals surface area contributed by atoms with Crippen molar-refractivity contribution in [2.75, 3.05) is 16.8 Å². The Morgan fingerprint density at radius 3 is 2.33 bits per heavy atom. The third kappa shape index (κ3) is 3.91. The normalized spacial score (nSPS) is 17.3. The molecule has 1 aliphatic heterocycles. The molecule has 2 aromatic carbocycles. The van der Waals surface area contributed by atoms with Gasteiger partial charge in [-0.1, -0.05) is 12.1 Å².